The summed E-state index contributed by atoms with van der Waals surface area (Å²) in [6.45, 7) is 0. The molecule has 2 aromatic rings. The van der Waals surface area contributed by atoms with Gasteiger partial charge in [-0.1, -0.05) is 24.3 Å². The molecule has 0 radical (unpaired) electrons. The van der Waals surface area contributed by atoms with Crippen LogP contribution in [0.1, 0.15) is 11.1 Å². The number of carboxylic acids is 1. The molecule has 0 saturated heterocycles. The van der Waals surface area contributed by atoms with Gasteiger partial charge in [-0.25, -0.2) is 14.0 Å². The molecule has 0 aliphatic rings. The van der Waals surface area contributed by atoms with E-state index in [1.807, 2.05) is 0 Å². The van der Waals surface area contributed by atoms with Crippen LogP contribution in [0.5, 0.6) is 11.5 Å². The number of carbonyl (C=O) groups excluding carboxylic acids is 1. The fraction of sp³-hybridized carbons (Fsp3) is 0.200. The van der Waals surface area contributed by atoms with E-state index in [2.05, 4.69) is 0 Å². The fourth-order valence-electron chi connectivity index (χ4n) is 2.35. The number of benzene rings is 2. The van der Waals surface area contributed by atoms with Gasteiger partial charge in [0.15, 0.2) is 11.5 Å². The minimum absolute atomic E-state index is 0.0605. The summed E-state index contributed by atoms with van der Waals surface area (Å²) in [6, 6.07) is 10.8. The molecule has 0 saturated carbocycles. The molecule has 27 heavy (non-hydrogen) atoms. The van der Waals surface area contributed by atoms with Gasteiger partial charge in [0.1, 0.15) is 5.82 Å². The van der Waals surface area contributed by atoms with Crippen molar-refractivity contribution in [3.8, 4) is 11.5 Å². The molecule has 1 unspecified atom stereocenters. The first-order valence-electron chi connectivity index (χ1n) is 8.01. The molecule has 2 aromatic carbocycles. The zero-order valence-electron chi connectivity index (χ0n) is 14.8. The van der Waals surface area contributed by atoms with Crippen LogP contribution in [-0.2, 0) is 20.7 Å². The van der Waals surface area contributed by atoms with Gasteiger partial charge < -0.3 is 19.3 Å². The Morgan fingerprint density at radius 1 is 1.11 bits per heavy atom. The molecule has 0 heterocycles. The van der Waals surface area contributed by atoms with E-state index in [1.54, 1.807) is 24.3 Å². The molecule has 2 rings (SSSR count). The topological polar surface area (TPSA) is 82.1 Å². The lowest BCUT2D eigenvalue weighted by Gasteiger charge is -2.14. The van der Waals surface area contributed by atoms with Crippen LogP contribution in [0.25, 0.3) is 6.08 Å². The van der Waals surface area contributed by atoms with Gasteiger partial charge in [0.2, 0.25) is 6.10 Å². The number of carbonyl (C=O) groups is 2. The summed E-state index contributed by atoms with van der Waals surface area (Å²) in [4.78, 5) is 23.3. The van der Waals surface area contributed by atoms with Crippen molar-refractivity contribution in [2.75, 3.05) is 14.2 Å². The lowest BCUT2D eigenvalue weighted by Crippen LogP contribution is -2.28. The second-order valence-electron chi connectivity index (χ2n) is 5.51. The largest absolute Gasteiger partial charge is 0.493 e. The first kappa shape index (κ1) is 20.0. The molecule has 0 fully saturated rings. The summed E-state index contributed by atoms with van der Waals surface area (Å²) in [5, 5.41) is 9.32. The van der Waals surface area contributed by atoms with Crippen molar-refractivity contribution in [2.24, 2.45) is 0 Å². The van der Waals surface area contributed by atoms with Gasteiger partial charge in [0.25, 0.3) is 0 Å². The van der Waals surface area contributed by atoms with Crippen molar-refractivity contribution in [3.63, 3.8) is 0 Å². The van der Waals surface area contributed by atoms with E-state index < -0.39 is 23.9 Å². The standard InChI is InChI=1S/C20H19FO6/c1-25-16-9-7-13(11-17(16)26-2)12-18(20(23)24)27-19(22)10-8-14-5-3-4-6-15(14)21/h3-11,18H,12H2,1-2H3,(H,23,24)/b10-8+. The van der Waals surface area contributed by atoms with Gasteiger partial charge in [0.05, 0.1) is 14.2 Å². The van der Waals surface area contributed by atoms with Crippen LogP contribution in [0.15, 0.2) is 48.5 Å². The van der Waals surface area contributed by atoms with E-state index in [0.29, 0.717) is 17.1 Å². The highest BCUT2D eigenvalue weighted by atomic mass is 19.1. The lowest BCUT2D eigenvalue weighted by molar-refractivity contribution is -0.160. The third kappa shape index (κ3) is 5.57. The second-order valence-corrected chi connectivity index (χ2v) is 5.51. The van der Waals surface area contributed by atoms with Gasteiger partial charge in [0, 0.05) is 18.1 Å². The highest BCUT2D eigenvalue weighted by Crippen LogP contribution is 2.28. The number of ether oxygens (including phenoxy) is 3. The Labute approximate surface area is 155 Å². The number of esters is 1. The number of hydrogen-bond acceptors (Lipinski definition) is 5. The van der Waals surface area contributed by atoms with Crippen molar-refractivity contribution in [1.29, 1.82) is 0 Å². The van der Waals surface area contributed by atoms with E-state index in [-0.39, 0.29) is 12.0 Å². The number of carboxylic acid groups (broad SMARTS) is 1. The minimum Gasteiger partial charge on any atom is -0.493 e. The van der Waals surface area contributed by atoms with Crippen molar-refractivity contribution in [1.82, 2.24) is 0 Å². The monoisotopic (exact) mass is 374 g/mol. The average Bonchev–Trinajstić information content (AvgIpc) is 2.66. The summed E-state index contributed by atoms with van der Waals surface area (Å²) < 4.78 is 28.8. The first-order chi connectivity index (χ1) is 12.9. The molecular formula is C20H19FO6. The zero-order valence-corrected chi connectivity index (χ0v) is 14.8. The predicted octanol–water partition coefficient (Wildman–Crippen LogP) is 3.10. The molecule has 0 aromatic heterocycles. The fourth-order valence-corrected chi connectivity index (χ4v) is 2.35. The Bertz CT molecular complexity index is 846. The Kier molecular flexibility index (Phi) is 6.93. The van der Waals surface area contributed by atoms with Crippen molar-refractivity contribution < 1.29 is 33.3 Å². The summed E-state index contributed by atoms with van der Waals surface area (Å²) in [5.41, 5.74) is 0.784. The van der Waals surface area contributed by atoms with Gasteiger partial charge in [-0.15, -0.1) is 0 Å². The maximum atomic E-state index is 13.5. The highest BCUT2D eigenvalue weighted by Gasteiger charge is 2.22. The third-order valence-electron chi connectivity index (χ3n) is 3.71. The van der Waals surface area contributed by atoms with Crippen LogP contribution < -0.4 is 9.47 Å². The molecule has 0 amide bonds. The molecule has 1 N–H and O–H groups in total. The smallest absolute Gasteiger partial charge is 0.345 e. The number of methoxy groups -OCH3 is 2. The van der Waals surface area contributed by atoms with Gasteiger partial charge >= 0.3 is 11.9 Å². The second kappa shape index (κ2) is 9.38. The molecule has 0 aliphatic carbocycles. The van der Waals surface area contributed by atoms with Gasteiger partial charge in [-0.3, -0.25) is 0 Å². The SMILES string of the molecule is COc1ccc(CC(OC(=O)/C=C/c2ccccc2F)C(=O)O)cc1OC. The predicted molar refractivity (Wildman–Crippen MR) is 96.2 cm³/mol. The first-order valence-corrected chi connectivity index (χ1v) is 8.01. The van der Waals surface area contributed by atoms with Crippen LogP contribution in [0.3, 0.4) is 0 Å². The lowest BCUT2D eigenvalue weighted by atomic mass is 10.1. The van der Waals surface area contributed by atoms with Crippen molar-refractivity contribution in [2.45, 2.75) is 12.5 Å². The van der Waals surface area contributed by atoms with Gasteiger partial charge in [-0.2, -0.15) is 0 Å². The Morgan fingerprint density at radius 2 is 1.81 bits per heavy atom. The van der Waals surface area contributed by atoms with Crippen LogP contribution in [0, 0.1) is 5.82 Å². The summed E-state index contributed by atoms with van der Waals surface area (Å²) in [6.07, 6.45) is 0.756. The molecule has 0 bridgehead atoms. The van der Waals surface area contributed by atoms with E-state index in [1.165, 1.54) is 38.5 Å². The Morgan fingerprint density at radius 3 is 2.44 bits per heavy atom. The van der Waals surface area contributed by atoms with Crippen LogP contribution in [-0.4, -0.2) is 37.4 Å². The van der Waals surface area contributed by atoms with Crippen molar-refractivity contribution in [3.05, 3.63) is 65.5 Å². The van der Waals surface area contributed by atoms with E-state index in [4.69, 9.17) is 14.2 Å². The molecule has 142 valence electrons. The zero-order chi connectivity index (χ0) is 19.8. The Hall–Kier alpha value is -3.35. The van der Waals surface area contributed by atoms with Crippen LogP contribution in [0.4, 0.5) is 4.39 Å². The average molecular weight is 374 g/mol. The normalized spacial score (nSPS) is 11.8. The summed E-state index contributed by atoms with van der Waals surface area (Å²) in [5.74, 6) is -1.74. The van der Waals surface area contributed by atoms with E-state index in [0.717, 1.165) is 6.08 Å². The number of hydrogen-bond donors (Lipinski definition) is 1. The van der Waals surface area contributed by atoms with Gasteiger partial charge in [-0.05, 0) is 29.8 Å². The number of halogens is 1. The van der Waals surface area contributed by atoms with Crippen LogP contribution >= 0.6 is 0 Å². The van der Waals surface area contributed by atoms with Crippen molar-refractivity contribution >= 4 is 18.0 Å². The molecule has 6 nitrogen and oxygen atoms in total. The molecule has 0 aliphatic heterocycles. The van der Waals surface area contributed by atoms with E-state index >= 15 is 0 Å². The minimum atomic E-state index is -1.40. The third-order valence-corrected chi connectivity index (χ3v) is 3.71. The number of rotatable bonds is 8. The highest BCUT2D eigenvalue weighted by molar-refractivity contribution is 5.89. The maximum Gasteiger partial charge on any atom is 0.345 e. The van der Waals surface area contributed by atoms with E-state index in [9.17, 15) is 19.1 Å². The quantitative estimate of drug-likeness (QED) is 0.565. The molecule has 1 atom stereocenters. The number of aliphatic carboxylic acids is 1. The summed E-state index contributed by atoms with van der Waals surface area (Å²) >= 11 is 0. The molecule has 7 heteroatoms. The molecule has 0 spiro atoms. The Balaban J connectivity index is 2.08. The molecular weight excluding hydrogens is 355 g/mol. The van der Waals surface area contributed by atoms with Crippen LogP contribution in [0.2, 0.25) is 0 Å². The summed E-state index contributed by atoms with van der Waals surface area (Å²) in [7, 11) is 2.95. The maximum absolute atomic E-state index is 13.5.